The summed E-state index contributed by atoms with van der Waals surface area (Å²) in [4.78, 5) is 6.89. The van der Waals surface area contributed by atoms with E-state index in [1.54, 1.807) is 4.52 Å². The van der Waals surface area contributed by atoms with Crippen LogP contribution in [0.4, 0.5) is 5.95 Å². The first-order valence-electron chi connectivity index (χ1n) is 6.88. The van der Waals surface area contributed by atoms with Crippen molar-refractivity contribution in [1.82, 2.24) is 19.5 Å². The maximum atomic E-state index is 5.34. The summed E-state index contributed by atoms with van der Waals surface area (Å²) in [6.07, 6.45) is 2.97. The van der Waals surface area contributed by atoms with Crippen molar-refractivity contribution in [3.63, 3.8) is 0 Å². The molecule has 2 aromatic heterocycles. The maximum Gasteiger partial charge on any atom is 0.243 e. The molecule has 2 aromatic rings. The molecule has 6 nitrogen and oxygen atoms in total. The minimum atomic E-state index is 0.680. The fourth-order valence-electron chi connectivity index (χ4n) is 2.28. The lowest BCUT2D eigenvalue weighted by Gasteiger charge is -2.26. The molecule has 1 aliphatic rings. The summed E-state index contributed by atoms with van der Waals surface area (Å²) < 4.78 is 8.06. The van der Waals surface area contributed by atoms with Gasteiger partial charge in [0.15, 0.2) is 5.65 Å². The van der Waals surface area contributed by atoms with E-state index in [1.165, 1.54) is 0 Å². The molecule has 1 saturated heterocycles. The zero-order valence-corrected chi connectivity index (χ0v) is 12.8. The van der Waals surface area contributed by atoms with Gasteiger partial charge in [0.05, 0.1) is 17.7 Å². The summed E-state index contributed by atoms with van der Waals surface area (Å²) in [5.74, 6) is 0.680. The van der Waals surface area contributed by atoms with Crippen LogP contribution in [0.1, 0.15) is 6.42 Å². The summed E-state index contributed by atoms with van der Waals surface area (Å²) in [5, 5.41) is 7.67. The van der Waals surface area contributed by atoms with Crippen molar-refractivity contribution in [3.8, 4) is 0 Å². The zero-order valence-electron chi connectivity index (χ0n) is 11.3. The second kappa shape index (κ2) is 6.51. The molecule has 0 unspecified atom stereocenters. The molecule has 0 aromatic carbocycles. The fourth-order valence-corrected chi connectivity index (χ4v) is 2.70. The average molecular weight is 340 g/mol. The molecule has 0 radical (unpaired) electrons. The van der Waals surface area contributed by atoms with E-state index in [1.807, 2.05) is 18.3 Å². The molecule has 0 atom stereocenters. The Morgan fingerprint density at radius 2 is 2.20 bits per heavy atom. The Balaban J connectivity index is 1.48. The quantitative estimate of drug-likeness (QED) is 0.839. The monoisotopic (exact) mass is 339 g/mol. The number of pyridine rings is 1. The molecule has 1 N–H and O–H groups in total. The minimum Gasteiger partial charge on any atom is -0.379 e. The Hall–Kier alpha value is -1.18. The molecular formula is C13H18BrN5O. The Kier molecular flexibility index (Phi) is 4.49. The molecule has 108 valence electrons. The molecule has 7 heteroatoms. The standard InChI is InChI=1S/C13H18BrN5O/c14-11-3-1-6-19-12(11)16-13(17-19)15-4-2-5-18-7-9-20-10-8-18/h1,3,6H,2,4-5,7-10H2,(H,15,17). The number of nitrogens with one attached hydrogen (secondary N) is 1. The van der Waals surface area contributed by atoms with Crippen molar-refractivity contribution in [2.24, 2.45) is 0 Å². The first-order valence-corrected chi connectivity index (χ1v) is 7.67. The van der Waals surface area contributed by atoms with Gasteiger partial charge in [-0.05, 0) is 41.0 Å². The van der Waals surface area contributed by atoms with E-state index in [0.717, 1.165) is 55.9 Å². The molecular weight excluding hydrogens is 322 g/mol. The molecule has 0 saturated carbocycles. The number of hydrogen-bond acceptors (Lipinski definition) is 5. The van der Waals surface area contributed by atoms with Crippen LogP contribution in [0.15, 0.2) is 22.8 Å². The van der Waals surface area contributed by atoms with E-state index in [4.69, 9.17) is 4.74 Å². The van der Waals surface area contributed by atoms with Crippen molar-refractivity contribution >= 4 is 27.5 Å². The van der Waals surface area contributed by atoms with Crippen molar-refractivity contribution in [2.75, 3.05) is 44.7 Å². The molecule has 1 aliphatic heterocycles. The van der Waals surface area contributed by atoms with Gasteiger partial charge in [0, 0.05) is 25.8 Å². The van der Waals surface area contributed by atoms with Crippen LogP contribution in [0.25, 0.3) is 5.65 Å². The Morgan fingerprint density at radius 3 is 3.00 bits per heavy atom. The van der Waals surface area contributed by atoms with Crippen LogP contribution in [0.3, 0.4) is 0 Å². The predicted octanol–water partition coefficient (Wildman–Crippen LogP) is 1.63. The van der Waals surface area contributed by atoms with Gasteiger partial charge in [-0.1, -0.05) is 0 Å². The highest BCUT2D eigenvalue weighted by atomic mass is 79.9. The predicted molar refractivity (Wildman–Crippen MR) is 81.1 cm³/mol. The fraction of sp³-hybridized carbons (Fsp3) is 0.538. The number of aromatic nitrogens is 3. The molecule has 0 spiro atoms. The number of hydrogen-bond donors (Lipinski definition) is 1. The van der Waals surface area contributed by atoms with E-state index in [9.17, 15) is 0 Å². The third-order valence-corrected chi connectivity index (χ3v) is 3.97. The average Bonchev–Trinajstić information content (AvgIpc) is 2.89. The normalized spacial score (nSPS) is 16.6. The van der Waals surface area contributed by atoms with Crippen molar-refractivity contribution in [3.05, 3.63) is 22.8 Å². The molecule has 0 bridgehead atoms. The summed E-state index contributed by atoms with van der Waals surface area (Å²) in [5.41, 5.74) is 0.836. The topological polar surface area (TPSA) is 54.7 Å². The van der Waals surface area contributed by atoms with Crippen molar-refractivity contribution in [1.29, 1.82) is 0 Å². The number of halogens is 1. The zero-order chi connectivity index (χ0) is 13.8. The van der Waals surface area contributed by atoms with E-state index in [-0.39, 0.29) is 0 Å². The summed E-state index contributed by atoms with van der Waals surface area (Å²) in [6.45, 7) is 5.77. The largest absolute Gasteiger partial charge is 0.379 e. The molecule has 0 aliphatic carbocycles. The highest BCUT2D eigenvalue weighted by molar-refractivity contribution is 9.10. The number of rotatable bonds is 5. The van der Waals surface area contributed by atoms with Crippen LogP contribution in [-0.4, -0.2) is 58.9 Å². The Morgan fingerprint density at radius 1 is 1.35 bits per heavy atom. The van der Waals surface area contributed by atoms with Gasteiger partial charge in [-0.25, -0.2) is 4.52 Å². The van der Waals surface area contributed by atoms with Crippen molar-refractivity contribution < 1.29 is 4.74 Å². The third kappa shape index (κ3) is 3.28. The Bertz CT molecular complexity index is 567. The minimum absolute atomic E-state index is 0.680. The van der Waals surface area contributed by atoms with Gasteiger partial charge in [-0.15, -0.1) is 5.10 Å². The summed E-state index contributed by atoms with van der Waals surface area (Å²) >= 11 is 3.47. The molecule has 0 amide bonds. The van der Waals surface area contributed by atoms with Crippen LogP contribution >= 0.6 is 15.9 Å². The molecule has 3 rings (SSSR count). The molecule has 1 fully saturated rings. The van der Waals surface area contributed by atoms with Gasteiger partial charge in [0.25, 0.3) is 0 Å². The van der Waals surface area contributed by atoms with Gasteiger partial charge in [-0.3, -0.25) is 4.90 Å². The second-order valence-corrected chi connectivity index (χ2v) is 5.65. The lowest BCUT2D eigenvalue weighted by Crippen LogP contribution is -2.37. The van der Waals surface area contributed by atoms with Crippen LogP contribution < -0.4 is 5.32 Å². The van der Waals surface area contributed by atoms with Crippen LogP contribution in [0.2, 0.25) is 0 Å². The molecule has 20 heavy (non-hydrogen) atoms. The van der Waals surface area contributed by atoms with E-state index >= 15 is 0 Å². The summed E-state index contributed by atoms with van der Waals surface area (Å²) in [6, 6.07) is 3.90. The first-order chi connectivity index (χ1) is 9.83. The van der Waals surface area contributed by atoms with Crippen LogP contribution in [0.5, 0.6) is 0 Å². The number of ether oxygens (including phenoxy) is 1. The van der Waals surface area contributed by atoms with Crippen molar-refractivity contribution in [2.45, 2.75) is 6.42 Å². The molecule has 3 heterocycles. The smallest absolute Gasteiger partial charge is 0.243 e. The van der Waals surface area contributed by atoms with E-state index in [2.05, 4.69) is 36.2 Å². The lowest BCUT2D eigenvalue weighted by atomic mass is 10.3. The number of nitrogens with zero attached hydrogens (tertiary/aromatic N) is 4. The van der Waals surface area contributed by atoms with E-state index < -0.39 is 0 Å². The third-order valence-electron chi connectivity index (χ3n) is 3.35. The second-order valence-electron chi connectivity index (χ2n) is 4.79. The van der Waals surface area contributed by atoms with E-state index in [0.29, 0.717) is 5.95 Å². The van der Waals surface area contributed by atoms with Gasteiger partial charge in [0.2, 0.25) is 5.95 Å². The van der Waals surface area contributed by atoms with Gasteiger partial charge in [0.1, 0.15) is 0 Å². The van der Waals surface area contributed by atoms with Gasteiger partial charge in [-0.2, -0.15) is 4.98 Å². The van der Waals surface area contributed by atoms with Gasteiger partial charge < -0.3 is 10.1 Å². The number of morpholine rings is 1. The van der Waals surface area contributed by atoms with Crippen LogP contribution in [-0.2, 0) is 4.74 Å². The maximum absolute atomic E-state index is 5.34. The Labute approximate surface area is 126 Å². The lowest BCUT2D eigenvalue weighted by molar-refractivity contribution is 0.0378. The van der Waals surface area contributed by atoms with Crippen LogP contribution in [0, 0.1) is 0 Å². The number of anilines is 1. The van der Waals surface area contributed by atoms with Gasteiger partial charge >= 0.3 is 0 Å². The SMILES string of the molecule is Brc1cccn2nc(NCCCN3CCOCC3)nc12. The highest BCUT2D eigenvalue weighted by Crippen LogP contribution is 2.16. The highest BCUT2D eigenvalue weighted by Gasteiger charge is 2.09. The number of fused-ring (bicyclic) bond motifs is 1. The first kappa shape index (κ1) is 13.8. The summed E-state index contributed by atoms with van der Waals surface area (Å²) in [7, 11) is 0.